The summed E-state index contributed by atoms with van der Waals surface area (Å²) in [6.07, 6.45) is 1.97. The Labute approximate surface area is 54.1 Å². The zero-order valence-electron chi connectivity index (χ0n) is 5.45. The van der Waals surface area contributed by atoms with Crippen LogP contribution in [0.2, 0.25) is 0 Å². The minimum Gasteiger partial charge on any atom is -0.400 e. The highest BCUT2D eigenvalue weighted by Gasteiger charge is 1.95. The lowest BCUT2D eigenvalue weighted by Gasteiger charge is -1.95. The maximum atomic E-state index is 12.2. The van der Waals surface area contributed by atoms with Crippen LogP contribution >= 0.6 is 0 Å². The second kappa shape index (κ2) is 4.06. The third-order valence-corrected chi connectivity index (χ3v) is 0.953. The molecule has 52 valence electrons. The normalized spacial score (nSPS) is 12.7. The fourth-order valence-corrected chi connectivity index (χ4v) is 0.481. The summed E-state index contributed by atoms with van der Waals surface area (Å²) in [6, 6.07) is 0. The molecule has 0 fully saturated rings. The van der Waals surface area contributed by atoms with Gasteiger partial charge in [0.05, 0.1) is 6.21 Å². The summed E-state index contributed by atoms with van der Waals surface area (Å²) >= 11 is 0. The van der Waals surface area contributed by atoms with Crippen molar-refractivity contribution in [2.24, 2.45) is 5.73 Å². The van der Waals surface area contributed by atoms with E-state index in [0.29, 0.717) is 12.6 Å². The van der Waals surface area contributed by atoms with E-state index in [-0.39, 0.29) is 5.70 Å². The Balaban J connectivity index is 3.93. The van der Waals surface area contributed by atoms with Crippen molar-refractivity contribution in [2.45, 2.75) is 19.8 Å². The lowest BCUT2D eigenvalue weighted by molar-refractivity contribution is 0.657. The predicted molar refractivity (Wildman–Crippen MR) is 36.0 cm³/mol. The van der Waals surface area contributed by atoms with Crippen LogP contribution in [0.4, 0.5) is 4.39 Å². The molecule has 0 rings (SSSR count). The van der Waals surface area contributed by atoms with Gasteiger partial charge < -0.3 is 11.1 Å². The molecule has 0 aromatic heterocycles. The minimum atomic E-state index is -0.614. The van der Waals surface area contributed by atoms with Crippen molar-refractivity contribution in [2.75, 3.05) is 0 Å². The number of nitrogens with two attached hydrogens (primary N) is 1. The van der Waals surface area contributed by atoms with Crippen LogP contribution in [0, 0.1) is 5.41 Å². The smallest absolute Gasteiger partial charge is 0.159 e. The number of rotatable bonds is 3. The first-order chi connectivity index (χ1) is 4.22. The van der Waals surface area contributed by atoms with Crippen LogP contribution in [-0.4, -0.2) is 6.21 Å². The molecule has 0 radical (unpaired) electrons. The average Bonchev–Trinajstić information content (AvgIpc) is 1.87. The van der Waals surface area contributed by atoms with E-state index in [1.807, 2.05) is 6.92 Å². The second-order valence-electron chi connectivity index (χ2n) is 1.77. The maximum absolute atomic E-state index is 12.2. The molecule has 0 aliphatic carbocycles. The van der Waals surface area contributed by atoms with Crippen LogP contribution in [0.1, 0.15) is 19.8 Å². The zero-order chi connectivity index (χ0) is 7.28. The van der Waals surface area contributed by atoms with Gasteiger partial charge in [-0.15, -0.1) is 0 Å². The SMILES string of the molecule is CCC/C(N)=C(\F)C=N. The van der Waals surface area contributed by atoms with Crippen LogP contribution in [0.15, 0.2) is 11.5 Å². The third-order valence-electron chi connectivity index (χ3n) is 0.953. The van der Waals surface area contributed by atoms with Gasteiger partial charge in [0.1, 0.15) is 0 Å². The van der Waals surface area contributed by atoms with E-state index in [1.54, 1.807) is 0 Å². The molecule has 0 amide bonds. The topological polar surface area (TPSA) is 49.9 Å². The highest BCUT2D eigenvalue weighted by molar-refractivity contribution is 5.73. The minimum absolute atomic E-state index is 0.174. The monoisotopic (exact) mass is 130 g/mol. The number of hydrogen-bond donors (Lipinski definition) is 2. The van der Waals surface area contributed by atoms with Crippen LogP contribution in [-0.2, 0) is 0 Å². The van der Waals surface area contributed by atoms with Gasteiger partial charge >= 0.3 is 0 Å². The summed E-state index contributed by atoms with van der Waals surface area (Å²) < 4.78 is 12.2. The Bertz CT molecular complexity index is 129. The van der Waals surface area contributed by atoms with Crippen molar-refractivity contribution < 1.29 is 4.39 Å². The lowest BCUT2D eigenvalue weighted by atomic mass is 10.2. The fourth-order valence-electron chi connectivity index (χ4n) is 0.481. The van der Waals surface area contributed by atoms with E-state index < -0.39 is 5.83 Å². The van der Waals surface area contributed by atoms with Crippen LogP contribution in [0.5, 0.6) is 0 Å². The van der Waals surface area contributed by atoms with Crippen molar-refractivity contribution in [3.05, 3.63) is 11.5 Å². The first-order valence-corrected chi connectivity index (χ1v) is 2.87. The average molecular weight is 130 g/mol. The summed E-state index contributed by atoms with van der Waals surface area (Å²) in [7, 11) is 0. The fraction of sp³-hybridized carbons (Fsp3) is 0.500. The van der Waals surface area contributed by atoms with E-state index in [4.69, 9.17) is 11.1 Å². The number of nitrogens with one attached hydrogen (secondary N) is 1. The van der Waals surface area contributed by atoms with Gasteiger partial charge in [0.25, 0.3) is 0 Å². The number of allylic oxidation sites excluding steroid dienone is 2. The highest BCUT2D eigenvalue weighted by Crippen LogP contribution is 2.03. The standard InChI is InChI=1S/C6H11FN2/c1-2-3-6(9)5(7)4-8/h4,8H,2-3,9H2,1H3/b6-5+,8-4?. The Morgan fingerprint density at radius 2 is 2.33 bits per heavy atom. The van der Waals surface area contributed by atoms with E-state index in [1.165, 1.54) is 0 Å². The molecule has 0 aromatic carbocycles. The molecule has 9 heavy (non-hydrogen) atoms. The Morgan fingerprint density at radius 3 is 2.67 bits per heavy atom. The number of halogens is 1. The molecule has 0 unspecified atom stereocenters. The van der Waals surface area contributed by atoms with E-state index in [0.717, 1.165) is 6.42 Å². The summed E-state index contributed by atoms with van der Waals surface area (Å²) in [5.41, 5.74) is 5.37. The molecule has 0 aliphatic rings. The Hall–Kier alpha value is -0.860. The van der Waals surface area contributed by atoms with Gasteiger partial charge in [0.15, 0.2) is 5.83 Å². The van der Waals surface area contributed by atoms with Gasteiger partial charge in [-0.25, -0.2) is 4.39 Å². The van der Waals surface area contributed by atoms with Crippen molar-refractivity contribution in [3.63, 3.8) is 0 Å². The highest BCUT2D eigenvalue weighted by atomic mass is 19.1. The molecule has 0 bridgehead atoms. The molecular formula is C6H11FN2. The second-order valence-corrected chi connectivity index (χ2v) is 1.77. The molecule has 0 atom stereocenters. The van der Waals surface area contributed by atoms with E-state index >= 15 is 0 Å². The molecule has 0 saturated heterocycles. The molecule has 0 aliphatic heterocycles. The summed E-state index contributed by atoms with van der Waals surface area (Å²) in [4.78, 5) is 0. The largest absolute Gasteiger partial charge is 0.400 e. The molecule has 3 N–H and O–H groups in total. The van der Waals surface area contributed by atoms with Crippen LogP contribution in [0.3, 0.4) is 0 Å². The Morgan fingerprint density at radius 1 is 1.78 bits per heavy atom. The first kappa shape index (κ1) is 8.14. The van der Waals surface area contributed by atoms with Crippen molar-refractivity contribution in [3.8, 4) is 0 Å². The van der Waals surface area contributed by atoms with Crippen LogP contribution in [0.25, 0.3) is 0 Å². The molecule has 0 heterocycles. The summed E-state index contributed by atoms with van der Waals surface area (Å²) in [5.74, 6) is -0.614. The quantitative estimate of drug-likeness (QED) is 0.560. The summed E-state index contributed by atoms with van der Waals surface area (Å²) in [6.45, 7) is 1.91. The predicted octanol–water partition coefficient (Wildman–Crippen LogP) is 1.58. The number of hydrogen-bond acceptors (Lipinski definition) is 2. The van der Waals surface area contributed by atoms with Gasteiger partial charge in [-0.05, 0) is 6.42 Å². The van der Waals surface area contributed by atoms with Crippen LogP contribution < -0.4 is 5.73 Å². The first-order valence-electron chi connectivity index (χ1n) is 2.87. The van der Waals surface area contributed by atoms with E-state index in [9.17, 15) is 4.39 Å². The third kappa shape index (κ3) is 2.85. The van der Waals surface area contributed by atoms with Crippen molar-refractivity contribution >= 4 is 6.21 Å². The summed E-state index contributed by atoms with van der Waals surface area (Å²) in [5, 5.41) is 6.48. The Kier molecular flexibility index (Phi) is 3.67. The van der Waals surface area contributed by atoms with Gasteiger partial charge in [-0.3, -0.25) is 0 Å². The molecule has 0 aromatic rings. The molecular weight excluding hydrogens is 119 g/mol. The van der Waals surface area contributed by atoms with Gasteiger partial charge in [0.2, 0.25) is 0 Å². The van der Waals surface area contributed by atoms with Crippen molar-refractivity contribution in [1.82, 2.24) is 0 Å². The molecule has 0 saturated carbocycles. The van der Waals surface area contributed by atoms with Gasteiger partial charge in [0, 0.05) is 5.70 Å². The van der Waals surface area contributed by atoms with Crippen molar-refractivity contribution in [1.29, 1.82) is 5.41 Å². The zero-order valence-corrected chi connectivity index (χ0v) is 5.45. The molecule has 0 spiro atoms. The molecule has 2 nitrogen and oxygen atoms in total. The maximum Gasteiger partial charge on any atom is 0.159 e. The van der Waals surface area contributed by atoms with Gasteiger partial charge in [-0.2, -0.15) is 0 Å². The lowest BCUT2D eigenvalue weighted by Crippen LogP contribution is -1.99. The molecule has 3 heteroatoms. The van der Waals surface area contributed by atoms with E-state index in [2.05, 4.69) is 0 Å². The van der Waals surface area contributed by atoms with Gasteiger partial charge in [-0.1, -0.05) is 13.3 Å².